The highest BCUT2D eigenvalue weighted by atomic mass is 32.1. The predicted molar refractivity (Wildman–Crippen MR) is 75.1 cm³/mol. The molecule has 1 unspecified atom stereocenters. The first kappa shape index (κ1) is 13.4. The summed E-state index contributed by atoms with van der Waals surface area (Å²) in [6.45, 7) is 0. The van der Waals surface area contributed by atoms with Gasteiger partial charge in [0.1, 0.15) is 17.4 Å². The summed E-state index contributed by atoms with van der Waals surface area (Å²) in [5.74, 6) is -1.36. The maximum absolute atomic E-state index is 13.6. The van der Waals surface area contributed by atoms with Crippen molar-refractivity contribution in [2.45, 2.75) is 31.6 Å². The Bertz CT molecular complexity index is 648. The van der Waals surface area contributed by atoms with Gasteiger partial charge in [-0.3, -0.25) is 4.79 Å². The molecular formula is C16H14F2OS. The van der Waals surface area contributed by atoms with Crippen molar-refractivity contribution in [1.29, 1.82) is 0 Å². The van der Waals surface area contributed by atoms with Crippen LogP contribution in [-0.4, -0.2) is 5.78 Å². The fourth-order valence-electron chi connectivity index (χ4n) is 2.80. The van der Waals surface area contributed by atoms with Gasteiger partial charge in [0.25, 0.3) is 0 Å². The molecule has 0 fully saturated rings. The van der Waals surface area contributed by atoms with Gasteiger partial charge in [-0.15, -0.1) is 11.3 Å². The van der Waals surface area contributed by atoms with E-state index in [9.17, 15) is 13.6 Å². The molecule has 0 amide bonds. The van der Waals surface area contributed by atoms with Gasteiger partial charge in [0.05, 0.1) is 0 Å². The third kappa shape index (κ3) is 2.52. The SMILES string of the molecule is O=C(Cc1ccc(F)cc1F)C1CCCc2sccc21. The molecule has 3 rings (SSSR count). The smallest absolute Gasteiger partial charge is 0.144 e. The standard InChI is InChI=1S/C16H14F2OS/c17-11-5-4-10(14(18)9-11)8-15(19)12-2-1-3-16-13(12)6-7-20-16/h4-7,9,12H,1-3,8H2. The lowest BCUT2D eigenvalue weighted by Crippen LogP contribution is -2.19. The summed E-state index contributed by atoms with van der Waals surface area (Å²) in [6, 6.07) is 5.39. The van der Waals surface area contributed by atoms with Crippen molar-refractivity contribution in [3.05, 3.63) is 57.3 Å². The summed E-state index contributed by atoms with van der Waals surface area (Å²) < 4.78 is 26.5. The molecule has 0 saturated heterocycles. The van der Waals surface area contributed by atoms with Crippen LogP contribution in [0.5, 0.6) is 0 Å². The third-order valence-electron chi connectivity index (χ3n) is 3.82. The van der Waals surface area contributed by atoms with Crippen molar-refractivity contribution in [2.24, 2.45) is 0 Å². The molecule has 4 heteroatoms. The van der Waals surface area contributed by atoms with Gasteiger partial charge in [-0.05, 0) is 47.9 Å². The third-order valence-corrected chi connectivity index (χ3v) is 4.82. The number of aryl methyl sites for hydroxylation is 1. The van der Waals surface area contributed by atoms with Gasteiger partial charge in [0, 0.05) is 23.3 Å². The van der Waals surface area contributed by atoms with E-state index in [4.69, 9.17) is 0 Å². The second-order valence-corrected chi connectivity index (χ2v) is 6.12. The molecule has 1 heterocycles. The molecule has 0 radical (unpaired) electrons. The first-order chi connectivity index (χ1) is 9.65. The van der Waals surface area contributed by atoms with E-state index in [1.807, 2.05) is 11.4 Å². The number of Topliss-reactive ketones (excluding diaryl/α,β-unsaturated/α-hetero) is 1. The van der Waals surface area contributed by atoms with Crippen LogP contribution in [-0.2, 0) is 17.6 Å². The number of benzene rings is 1. The van der Waals surface area contributed by atoms with E-state index in [1.54, 1.807) is 11.3 Å². The number of fused-ring (bicyclic) bond motifs is 1. The molecule has 0 N–H and O–H groups in total. The molecular weight excluding hydrogens is 278 g/mol. The number of hydrogen-bond acceptors (Lipinski definition) is 2. The largest absolute Gasteiger partial charge is 0.299 e. The van der Waals surface area contributed by atoms with Crippen molar-refractivity contribution in [2.75, 3.05) is 0 Å². The number of thiophene rings is 1. The molecule has 1 aliphatic rings. The monoisotopic (exact) mass is 292 g/mol. The van der Waals surface area contributed by atoms with Crippen molar-refractivity contribution < 1.29 is 13.6 Å². The zero-order chi connectivity index (χ0) is 14.1. The minimum Gasteiger partial charge on any atom is -0.299 e. The number of ketones is 1. The summed E-state index contributed by atoms with van der Waals surface area (Å²) in [5.41, 5.74) is 1.38. The Kier molecular flexibility index (Phi) is 3.66. The molecule has 1 aromatic heterocycles. The van der Waals surface area contributed by atoms with Crippen molar-refractivity contribution in [3.63, 3.8) is 0 Å². The van der Waals surface area contributed by atoms with Crippen LogP contribution in [0.3, 0.4) is 0 Å². The van der Waals surface area contributed by atoms with Gasteiger partial charge >= 0.3 is 0 Å². The van der Waals surface area contributed by atoms with Gasteiger partial charge in [-0.25, -0.2) is 8.78 Å². The topological polar surface area (TPSA) is 17.1 Å². The lowest BCUT2D eigenvalue weighted by molar-refractivity contribution is -0.120. The number of rotatable bonds is 3. The maximum Gasteiger partial charge on any atom is 0.144 e. The molecule has 1 aliphatic carbocycles. The van der Waals surface area contributed by atoms with E-state index in [0.717, 1.165) is 30.9 Å². The van der Waals surface area contributed by atoms with E-state index in [0.29, 0.717) is 0 Å². The molecule has 0 bridgehead atoms. The lowest BCUT2D eigenvalue weighted by Gasteiger charge is -2.21. The summed E-state index contributed by atoms with van der Waals surface area (Å²) in [7, 11) is 0. The van der Waals surface area contributed by atoms with E-state index < -0.39 is 11.6 Å². The first-order valence-electron chi connectivity index (χ1n) is 6.68. The Morgan fingerprint density at radius 2 is 2.15 bits per heavy atom. The van der Waals surface area contributed by atoms with Crippen LogP contribution >= 0.6 is 11.3 Å². The van der Waals surface area contributed by atoms with Gasteiger partial charge in [0.2, 0.25) is 0 Å². The summed E-state index contributed by atoms with van der Waals surface area (Å²) in [4.78, 5) is 13.7. The van der Waals surface area contributed by atoms with E-state index in [-0.39, 0.29) is 23.7 Å². The van der Waals surface area contributed by atoms with Crippen LogP contribution in [0.4, 0.5) is 8.78 Å². The number of carbonyl (C=O) groups is 1. The van der Waals surface area contributed by atoms with Crippen molar-refractivity contribution >= 4 is 17.1 Å². The van der Waals surface area contributed by atoms with Crippen molar-refractivity contribution in [3.8, 4) is 0 Å². The Balaban J connectivity index is 1.81. The normalized spacial score (nSPS) is 17.8. The zero-order valence-electron chi connectivity index (χ0n) is 10.9. The number of halogens is 2. The first-order valence-corrected chi connectivity index (χ1v) is 7.56. The zero-order valence-corrected chi connectivity index (χ0v) is 11.7. The molecule has 1 atom stereocenters. The molecule has 0 aliphatic heterocycles. The predicted octanol–water partition coefficient (Wildman–Crippen LogP) is 4.26. The summed E-state index contributed by atoms with van der Waals surface area (Å²) in [5, 5.41) is 2.01. The van der Waals surface area contributed by atoms with Crippen LogP contribution < -0.4 is 0 Å². The molecule has 2 aromatic rings. The molecule has 20 heavy (non-hydrogen) atoms. The fourth-order valence-corrected chi connectivity index (χ4v) is 3.78. The lowest BCUT2D eigenvalue weighted by atomic mass is 9.83. The summed E-state index contributed by atoms with van der Waals surface area (Å²) in [6.07, 6.45) is 2.88. The second kappa shape index (κ2) is 5.44. The molecule has 104 valence electrons. The average Bonchev–Trinajstić information content (AvgIpc) is 2.90. The van der Waals surface area contributed by atoms with Crippen LogP contribution in [0.15, 0.2) is 29.6 Å². The number of carbonyl (C=O) groups excluding carboxylic acids is 1. The van der Waals surface area contributed by atoms with Gasteiger partial charge < -0.3 is 0 Å². The molecule has 1 aromatic carbocycles. The minimum atomic E-state index is -0.639. The van der Waals surface area contributed by atoms with E-state index in [2.05, 4.69) is 0 Å². The molecule has 0 saturated carbocycles. The average molecular weight is 292 g/mol. The molecule has 1 nitrogen and oxygen atoms in total. The van der Waals surface area contributed by atoms with E-state index in [1.165, 1.54) is 17.0 Å². The second-order valence-electron chi connectivity index (χ2n) is 5.12. The highest BCUT2D eigenvalue weighted by Gasteiger charge is 2.27. The Morgan fingerprint density at radius 3 is 2.95 bits per heavy atom. The van der Waals surface area contributed by atoms with Crippen LogP contribution in [0, 0.1) is 11.6 Å². The Morgan fingerprint density at radius 1 is 1.30 bits per heavy atom. The number of hydrogen-bond donors (Lipinski definition) is 0. The Labute approximate surface area is 120 Å². The van der Waals surface area contributed by atoms with Crippen LogP contribution in [0.25, 0.3) is 0 Å². The highest BCUT2D eigenvalue weighted by Crippen LogP contribution is 2.36. The van der Waals surface area contributed by atoms with Gasteiger partial charge in [-0.2, -0.15) is 0 Å². The van der Waals surface area contributed by atoms with Crippen LogP contribution in [0.1, 0.15) is 34.8 Å². The van der Waals surface area contributed by atoms with Crippen molar-refractivity contribution in [1.82, 2.24) is 0 Å². The van der Waals surface area contributed by atoms with Gasteiger partial charge in [-0.1, -0.05) is 6.07 Å². The minimum absolute atomic E-state index is 0.0230. The Hall–Kier alpha value is -1.55. The summed E-state index contributed by atoms with van der Waals surface area (Å²) >= 11 is 1.68. The van der Waals surface area contributed by atoms with Gasteiger partial charge in [0.15, 0.2) is 0 Å². The highest BCUT2D eigenvalue weighted by molar-refractivity contribution is 7.10. The van der Waals surface area contributed by atoms with E-state index >= 15 is 0 Å². The molecule has 0 spiro atoms. The maximum atomic E-state index is 13.6. The fraction of sp³-hybridized carbons (Fsp3) is 0.312. The van der Waals surface area contributed by atoms with Crippen LogP contribution in [0.2, 0.25) is 0 Å². The quantitative estimate of drug-likeness (QED) is 0.826.